The highest BCUT2D eigenvalue weighted by atomic mass is 79.9. The predicted molar refractivity (Wildman–Crippen MR) is 79.9 cm³/mol. The summed E-state index contributed by atoms with van der Waals surface area (Å²) in [7, 11) is 1.67. The molecule has 2 aromatic rings. The Morgan fingerprint density at radius 3 is 3.00 bits per heavy atom. The molecule has 6 nitrogen and oxygen atoms in total. The predicted octanol–water partition coefficient (Wildman–Crippen LogP) is 1.55. The van der Waals surface area contributed by atoms with Crippen LogP contribution in [0.1, 0.15) is 23.0 Å². The Balaban J connectivity index is 2.38. The molecule has 3 N–H and O–H groups in total. The Bertz CT molecular complexity index is 572. The first kappa shape index (κ1) is 15.1. The number of hydrogen-bond donors (Lipinski definition) is 2. The van der Waals surface area contributed by atoms with Gasteiger partial charge in [0.1, 0.15) is 0 Å². The molecule has 0 fully saturated rings. The number of nitrogens with two attached hydrogens (primary N) is 1. The highest BCUT2D eigenvalue weighted by Crippen LogP contribution is 2.28. The Hall–Kier alpha value is -1.28. The van der Waals surface area contributed by atoms with Gasteiger partial charge in [-0.2, -0.15) is 5.10 Å². The second-order valence-corrected chi connectivity index (χ2v) is 5.28. The van der Waals surface area contributed by atoms with Gasteiger partial charge in [-0.3, -0.25) is 15.5 Å². The highest BCUT2D eigenvalue weighted by Gasteiger charge is 2.21. The van der Waals surface area contributed by atoms with Crippen molar-refractivity contribution in [1.82, 2.24) is 20.2 Å². The van der Waals surface area contributed by atoms with E-state index in [1.165, 1.54) is 0 Å². The third-order valence-corrected chi connectivity index (χ3v) is 3.65. The van der Waals surface area contributed by atoms with Crippen molar-refractivity contribution < 1.29 is 4.74 Å². The SMILES string of the molecule is COCCn1ncc(Br)c1C(NN)c1ccnc(C)c1. The first-order chi connectivity index (χ1) is 9.67. The summed E-state index contributed by atoms with van der Waals surface area (Å²) in [6.45, 7) is 3.21. The first-order valence-corrected chi connectivity index (χ1v) is 7.05. The number of methoxy groups -OCH3 is 1. The third-order valence-electron chi connectivity index (χ3n) is 3.03. The Morgan fingerprint density at radius 2 is 2.35 bits per heavy atom. The maximum Gasteiger partial charge on any atom is 0.0891 e. The van der Waals surface area contributed by atoms with E-state index in [4.69, 9.17) is 10.6 Å². The van der Waals surface area contributed by atoms with Crippen LogP contribution in [0.25, 0.3) is 0 Å². The van der Waals surface area contributed by atoms with Crippen LogP contribution in [-0.2, 0) is 11.3 Å². The molecule has 0 aliphatic heterocycles. The number of pyridine rings is 1. The van der Waals surface area contributed by atoms with Crippen molar-refractivity contribution in [2.75, 3.05) is 13.7 Å². The van der Waals surface area contributed by atoms with Gasteiger partial charge in [-0.05, 0) is 40.5 Å². The van der Waals surface area contributed by atoms with Crippen LogP contribution >= 0.6 is 15.9 Å². The molecule has 1 atom stereocenters. The van der Waals surface area contributed by atoms with Crippen molar-refractivity contribution in [3.63, 3.8) is 0 Å². The third kappa shape index (κ3) is 3.24. The molecule has 2 aromatic heterocycles. The molecule has 0 spiro atoms. The number of hydrazine groups is 1. The minimum Gasteiger partial charge on any atom is -0.383 e. The van der Waals surface area contributed by atoms with Crippen LogP contribution in [-0.4, -0.2) is 28.5 Å². The first-order valence-electron chi connectivity index (χ1n) is 6.26. The Labute approximate surface area is 126 Å². The van der Waals surface area contributed by atoms with Gasteiger partial charge in [-0.15, -0.1) is 0 Å². The standard InChI is InChI=1S/C13H18BrN5O/c1-9-7-10(3-4-16-9)12(18-15)13-11(14)8-17-19(13)5-6-20-2/h3-4,7-8,12,18H,5-6,15H2,1-2H3. The van der Waals surface area contributed by atoms with Crippen LogP contribution in [0.15, 0.2) is 29.0 Å². The number of nitrogens with zero attached hydrogens (tertiary/aromatic N) is 3. The van der Waals surface area contributed by atoms with E-state index in [1.807, 2.05) is 23.7 Å². The van der Waals surface area contributed by atoms with Crippen LogP contribution < -0.4 is 11.3 Å². The number of rotatable bonds is 6. The smallest absolute Gasteiger partial charge is 0.0891 e. The lowest BCUT2D eigenvalue weighted by molar-refractivity contribution is 0.182. The van der Waals surface area contributed by atoms with Crippen molar-refractivity contribution in [1.29, 1.82) is 0 Å². The lowest BCUT2D eigenvalue weighted by atomic mass is 10.0. The number of halogens is 1. The fourth-order valence-electron chi connectivity index (χ4n) is 2.09. The molecule has 20 heavy (non-hydrogen) atoms. The molecule has 0 aromatic carbocycles. The molecule has 0 bridgehead atoms. The van der Waals surface area contributed by atoms with E-state index in [-0.39, 0.29) is 6.04 Å². The van der Waals surface area contributed by atoms with Crippen molar-refractivity contribution in [2.45, 2.75) is 19.5 Å². The monoisotopic (exact) mass is 339 g/mol. The van der Waals surface area contributed by atoms with E-state index >= 15 is 0 Å². The molecule has 0 saturated heterocycles. The summed E-state index contributed by atoms with van der Waals surface area (Å²) in [4.78, 5) is 4.21. The molecule has 2 heterocycles. The van der Waals surface area contributed by atoms with Crippen molar-refractivity contribution in [3.8, 4) is 0 Å². The van der Waals surface area contributed by atoms with Gasteiger partial charge in [0.2, 0.25) is 0 Å². The van der Waals surface area contributed by atoms with Crippen molar-refractivity contribution in [2.24, 2.45) is 5.84 Å². The van der Waals surface area contributed by atoms with E-state index in [2.05, 4.69) is 31.4 Å². The van der Waals surface area contributed by atoms with Gasteiger partial charge in [-0.1, -0.05) is 0 Å². The van der Waals surface area contributed by atoms with Crippen LogP contribution in [0.3, 0.4) is 0 Å². The molecule has 108 valence electrons. The number of ether oxygens (including phenoxy) is 1. The molecule has 0 amide bonds. The topological polar surface area (TPSA) is 78.0 Å². The maximum absolute atomic E-state index is 5.75. The van der Waals surface area contributed by atoms with Crippen molar-refractivity contribution in [3.05, 3.63) is 46.0 Å². The molecular formula is C13H18BrN5O. The molecule has 2 rings (SSSR count). The Morgan fingerprint density at radius 1 is 1.55 bits per heavy atom. The quantitative estimate of drug-likeness (QED) is 0.616. The molecule has 0 aliphatic rings. The largest absolute Gasteiger partial charge is 0.383 e. The van der Waals surface area contributed by atoms with Crippen LogP contribution in [0.2, 0.25) is 0 Å². The average Bonchev–Trinajstić information content (AvgIpc) is 2.79. The molecule has 1 unspecified atom stereocenters. The molecular weight excluding hydrogens is 322 g/mol. The van der Waals surface area contributed by atoms with Crippen LogP contribution in [0.5, 0.6) is 0 Å². The minimum absolute atomic E-state index is 0.162. The van der Waals surface area contributed by atoms with Gasteiger partial charge in [0, 0.05) is 19.0 Å². The molecule has 0 aliphatic carbocycles. The van der Waals surface area contributed by atoms with E-state index in [9.17, 15) is 0 Å². The van der Waals surface area contributed by atoms with Crippen molar-refractivity contribution >= 4 is 15.9 Å². The normalized spacial score (nSPS) is 12.6. The second kappa shape index (κ2) is 6.94. The van der Waals surface area contributed by atoms with Gasteiger partial charge in [-0.25, -0.2) is 5.43 Å². The van der Waals surface area contributed by atoms with E-state index in [1.54, 1.807) is 19.5 Å². The number of hydrogen-bond acceptors (Lipinski definition) is 5. The zero-order valence-electron chi connectivity index (χ0n) is 11.5. The van der Waals surface area contributed by atoms with E-state index < -0.39 is 0 Å². The van der Waals surface area contributed by atoms with Gasteiger partial charge in [0.15, 0.2) is 0 Å². The summed E-state index contributed by atoms with van der Waals surface area (Å²) >= 11 is 3.53. The lowest BCUT2D eigenvalue weighted by Crippen LogP contribution is -2.31. The maximum atomic E-state index is 5.75. The number of nitrogens with one attached hydrogen (secondary N) is 1. The summed E-state index contributed by atoms with van der Waals surface area (Å²) in [6, 6.07) is 3.79. The van der Waals surface area contributed by atoms with Crippen LogP contribution in [0, 0.1) is 6.92 Å². The van der Waals surface area contributed by atoms with Crippen LogP contribution in [0.4, 0.5) is 0 Å². The van der Waals surface area contributed by atoms with Gasteiger partial charge in [0.25, 0.3) is 0 Å². The Kier molecular flexibility index (Phi) is 5.24. The van der Waals surface area contributed by atoms with Gasteiger partial charge >= 0.3 is 0 Å². The summed E-state index contributed by atoms with van der Waals surface area (Å²) in [5.41, 5.74) is 5.80. The molecule has 0 saturated carbocycles. The minimum atomic E-state index is -0.162. The zero-order chi connectivity index (χ0) is 14.5. The summed E-state index contributed by atoms with van der Waals surface area (Å²) in [5, 5.41) is 4.35. The highest BCUT2D eigenvalue weighted by molar-refractivity contribution is 9.10. The second-order valence-electron chi connectivity index (χ2n) is 4.42. The molecule has 7 heteroatoms. The fourth-order valence-corrected chi connectivity index (χ4v) is 2.62. The lowest BCUT2D eigenvalue weighted by Gasteiger charge is -2.19. The zero-order valence-corrected chi connectivity index (χ0v) is 13.1. The van der Waals surface area contributed by atoms with Gasteiger partial charge in [0.05, 0.1) is 35.6 Å². The van der Waals surface area contributed by atoms with E-state index in [0.29, 0.717) is 13.2 Å². The average molecular weight is 340 g/mol. The summed E-state index contributed by atoms with van der Waals surface area (Å²) < 4.78 is 7.90. The molecule has 0 radical (unpaired) electrons. The number of aromatic nitrogens is 3. The summed E-state index contributed by atoms with van der Waals surface area (Å²) in [5.74, 6) is 5.75. The fraction of sp³-hybridized carbons (Fsp3) is 0.385. The van der Waals surface area contributed by atoms with Gasteiger partial charge < -0.3 is 4.74 Å². The van der Waals surface area contributed by atoms with E-state index in [0.717, 1.165) is 21.4 Å². The summed E-state index contributed by atoms with van der Waals surface area (Å²) in [6.07, 6.45) is 3.54. The number of aryl methyl sites for hydroxylation is 1.